The number of ether oxygens (including phenoxy) is 1. The van der Waals surface area contributed by atoms with E-state index in [2.05, 4.69) is 15.6 Å². The van der Waals surface area contributed by atoms with Crippen molar-refractivity contribution in [2.75, 3.05) is 37.4 Å². The highest BCUT2D eigenvalue weighted by Crippen LogP contribution is 2.29. The third-order valence-corrected chi connectivity index (χ3v) is 5.06. The van der Waals surface area contributed by atoms with Crippen LogP contribution in [0.25, 0.3) is 0 Å². The lowest BCUT2D eigenvalue weighted by Crippen LogP contribution is -2.36. The van der Waals surface area contributed by atoms with E-state index in [-0.39, 0.29) is 31.5 Å². The number of rotatable bonds is 9. The second-order valence-electron chi connectivity index (χ2n) is 6.46. The molecule has 2 N–H and O–H groups in total. The minimum Gasteiger partial charge on any atom is -0.462 e. The molecule has 2 amide bonds. The van der Waals surface area contributed by atoms with E-state index in [0.717, 1.165) is 17.0 Å². The van der Waals surface area contributed by atoms with Crippen LogP contribution in [-0.2, 0) is 20.7 Å². The number of esters is 1. The average Bonchev–Trinajstić information content (AvgIpc) is 3.04. The number of hydrogen-bond acceptors (Lipinski definition) is 7. The summed E-state index contributed by atoms with van der Waals surface area (Å²) in [7, 11) is 1.67. The Hall–Kier alpha value is -2.78. The lowest BCUT2D eigenvalue weighted by Gasteiger charge is -2.16. The van der Waals surface area contributed by atoms with Gasteiger partial charge in [-0.25, -0.2) is 9.78 Å². The highest BCUT2D eigenvalue weighted by molar-refractivity contribution is 7.16. The number of nitrogens with zero attached hydrogens (tertiary/aromatic N) is 2. The van der Waals surface area contributed by atoms with E-state index >= 15 is 0 Å². The molecule has 2 heterocycles. The molecule has 0 aromatic carbocycles. The zero-order valence-electron chi connectivity index (χ0n) is 17.1. The molecule has 156 valence electrons. The summed E-state index contributed by atoms with van der Waals surface area (Å²) in [6.07, 6.45) is 0.750. The number of likely N-dealkylation sites (N-methyl/N-ethyl adjacent to an activating group) is 1. The summed E-state index contributed by atoms with van der Waals surface area (Å²) < 4.78 is 5.05. The topological polar surface area (TPSA) is 101 Å². The number of aryl methyl sites for hydroxylation is 2. The summed E-state index contributed by atoms with van der Waals surface area (Å²) in [4.78, 5) is 43.4. The summed E-state index contributed by atoms with van der Waals surface area (Å²) >= 11 is 1.35. The van der Waals surface area contributed by atoms with E-state index in [9.17, 15) is 14.4 Å². The summed E-state index contributed by atoms with van der Waals surface area (Å²) in [5.41, 5.74) is 1.16. The summed E-state index contributed by atoms with van der Waals surface area (Å²) in [5.74, 6) is -0.575. The Morgan fingerprint density at radius 2 is 1.83 bits per heavy atom. The minimum absolute atomic E-state index is 0.00368. The molecule has 8 nitrogen and oxygen atoms in total. The lowest BCUT2D eigenvalue weighted by atomic mass is 10.2. The fraction of sp³-hybridized carbons (Fsp3) is 0.400. The Labute approximate surface area is 174 Å². The molecule has 0 aliphatic rings. The van der Waals surface area contributed by atoms with E-state index in [1.54, 1.807) is 31.0 Å². The number of pyridine rings is 1. The molecule has 0 saturated heterocycles. The Kier molecular flexibility index (Phi) is 8.29. The number of anilines is 2. The first kappa shape index (κ1) is 22.5. The van der Waals surface area contributed by atoms with Crippen LogP contribution in [0.2, 0.25) is 0 Å². The molecule has 0 aliphatic carbocycles. The van der Waals surface area contributed by atoms with Crippen molar-refractivity contribution in [2.24, 2.45) is 0 Å². The molecule has 0 spiro atoms. The van der Waals surface area contributed by atoms with Crippen LogP contribution in [0.3, 0.4) is 0 Å². The molecule has 9 heteroatoms. The Balaban J connectivity index is 1.92. The monoisotopic (exact) mass is 418 g/mol. The number of hydrogen-bond donors (Lipinski definition) is 2. The maximum absolute atomic E-state index is 12.4. The predicted octanol–water partition coefficient (Wildman–Crippen LogP) is 2.70. The fourth-order valence-corrected chi connectivity index (χ4v) is 3.58. The Morgan fingerprint density at radius 3 is 2.45 bits per heavy atom. The SMILES string of the molecule is CCOC(=O)c1cc(CC)sc1NC(=O)CN(C)CC(=O)Nc1cccc(C)n1. The smallest absolute Gasteiger partial charge is 0.341 e. The molecular weight excluding hydrogens is 392 g/mol. The average molecular weight is 419 g/mol. The second kappa shape index (κ2) is 10.7. The molecular formula is C20H26N4O4S. The van der Waals surface area contributed by atoms with Crippen molar-refractivity contribution in [2.45, 2.75) is 27.2 Å². The third kappa shape index (κ3) is 6.95. The first-order valence-electron chi connectivity index (χ1n) is 9.34. The van der Waals surface area contributed by atoms with Crippen molar-refractivity contribution in [1.29, 1.82) is 0 Å². The molecule has 0 fully saturated rings. The molecule has 0 saturated carbocycles. The van der Waals surface area contributed by atoms with Gasteiger partial charge in [0.25, 0.3) is 0 Å². The first-order valence-corrected chi connectivity index (χ1v) is 10.2. The van der Waals surface area contributed by atoms with Crippen LogP contribution in [0.1, 0.15) is 34.8 Å². The van der Waals surface area contributed by atoms with Crippen molar-refractivity contribution >= 4 is 39.9 Å². The van der Waals surface area contributed by atoms with Crippen molar-refractivity contribution in [3.8, 4) is 0 Å². The van der Waals surface area contributed by atoms with E-state index in [1.807, 2.05) is 26.0 Å². The van der Waals surface area contributed by atoms with Crippen LogP contribution in [0.15, 0.2) is 24.3 Å². The van der Waals surface area contributed by atoms with Gasteiger partial charge in [-0.15, -0.1) is 11.3 Å². The number of thiophene rings is 1. The van der Waals surface area contributed by atoms with E-state index in [0.29, 0.717) is 16.4 Å². The van der Waals surface area contributed by atoms with Gasteiger partial charge in [-0.2, -0.15) is 0 Å². The fourth-order valence-electron chi connectivity index (χ4n) is 2.58. The van der Waals surface area contributed by atoms with Gasteiger partial charge in [-0.05, 0) is 45.5 Å². The first-order chi connectivity index (χ1) is 13.8. The number of nitrogens with one attached hydrogen (secondary N) is 2. The molecule has 0 radical (unpaired) electrons. The number of amides is 2. The zero-order chi connectivity index (χ0) is 21.4. The molecule has 2 aromatic rings. The van der Waals surface area contributed by atoms with Gasteiger partial charge in [-0.1, -0.05) is 13.0 Å². The van der Waals surface area contributed by atoms with Gasteiger partial charge in [0.2, 0.25) is 11.8 Å². The van der Waals surface area contributed by atoms with Crippen molar-refractivity contribution in [3.63, 3.8) is 0 Å². The van der Waals surface area contributed by atoms with Gasteiger partial charge in [0.15, 0.2) is 0 Å². The van der Waals surface area contributed by atoms with Crippen LogP contribution >= 0.6 is 11.3 Å². The van der Waals surface area contributed by atoms with Crippen LogP contribution in [0.4, 0.5) is 10.8 Å². The Bertz CT molecular complexity index is 881. The van der Waals surface area contributed by atoms with Crippen molar-refractivity contribution in [1.82, 2.24) is 9.88 Å². The van der Waals surface area contributed by atoms with Gasteiger partial charge >= 0.3 is 5.97 Å². The van der Waals surface area contributed by atoms with E-state index in [1.165, 1.54) is 11.3 Å². The van der Waals surface area contributed by atoms with Gasteiger partial charge in [0.1, 0.15) is 10.8 Å². The molecule has 2 aromatic heterocycles. The summed E-state index contributed by atoms with van der Waals surface area (Å²) in [5, 5.41) is 5.93. The third-order valence-electron chi connectivity index (χ3n) is 3.86. The molecule has 0 bridgehead atoms. The van der Waals surface area contributed by atoms with Gasteiger partial charge in [0, 0.05) is 10.6 Å². The zero-order valence-corrected chi connectivity index (χ0v) is 17.9. The van der Waals surface area contributed by atoms with Gasteiger partial charge in [-0.3, -0.25) is 14.5 Å². The highest BCUT2D eigenvalue weighted by Gasteiger charge is 2.19. The van der Waals surface area contributed by atoms with Crippen LogP contribution in [-0.4, -0.2) is 54.4 Å². The predicted molar refractivity (Wildman–Crippen MR) is 113 cm³/mol. The largest absolute Gasteiger partial charge is 0.462 e. The second-order valence-corrected chi connectivity index (χ2v) is 7.60. The quantitative estimate of drug-likeness (QED) is 0.607. The van der Waals surface area contributed by atoms with Crippen LogP contribution in [0.5, 0.6) is 0 Å². The summed E-state index contributed by atoms with van der Waals surface area (Å²) in [6, 6.07) is 7.09. The summed E-state index contributed by atoms with van der Waals surface area (Å²) in [6.45, 7) is 5.83. The van der Waals surface area contributed by atoms with E-state index in [4.69, 9.17) is 4.74 Å². The standard InChI is InChI=1S/C20H26N4O4S/c1-5-14-10-15(20(27)28-6-2)19(29-14)23-18(26)12-24(4)11-17(25)22-16-9-7-8-13(3)21-16/h7-10H,5-6,11-12H2,1-4H3,(H,23,26)(H,21,22,25). The molecule has 0 aliphatic heterocycles. The lowest BCUT2D eigenvalue weighted by molar-refractivity contribution is -0.119. The number of carbonyl (C=O) groups is 3. The number of carbonyl (C=O) groups excluding carboxylic acids is 3. The number of aromatic nitrogens is 1. The molecule has 0 atom stereocenters. The normalized spacial score (nSPS) is 10.7. The Morgan fingerprint density at radius 1 is 1.14 bits per heavy atom. The van der Waals surface area contributed by atoms with Crippen LogP contribution in [0, 0.1) is 6.92 Å². The van der Waals surface area contributed by atoms with E-state index < -0.39 is 5.97 Å². The molecule has 0 unspecified atom stereocenters. The minimum atomic E-state index is -0.461. The maximum Gasteiger partial charge on any atom is 0.341 e. The molecule has 29 heavy (non-hydrogen) atoms. The van der Waals surface area contributed by atoms with Gasteiger partial charge in [0.05, 0.1) is 25.3 Å². The van der Waals surface area contributed by atoms with Gasteiger partial charge < -0.3 is 15.4 Å². The highest BCUT2D eigenvalue weighted by atomic mass is 32.1. The van der Waals surface area contributed by atoms with Crippen molar-refractivity contribution in [3.05, 3.63) is 40.4 Å². The van der Waals surface area contributed by atoms with Crippen molar-refractivity contribution < 1.29 is 19.1 Å². The molecule has 2 rings (SSSR count). The maximum atomic E-state index is 12.4. The van der Waals surface area contributed by atoms with Crippen LogP contribution < -0.4 is 10.6 Å².